The Morgan fingerprint density at radius 1 is 0.605 bits per heavy atom. The van der Waals surface area contributed by atoms with Gasteiger partial charge in [0, 0.05) is 23.8 Å². The number of rotatable bonds is 4. The Morgan fingerprint density at radius 3 is 1.34 bits per heavy atom. The number of H-pyrrole nitrogens is 2. The van der Waals surface area contributed by atoms with Crippen LogP contribution in [-0.2, 0) is 19.1 Å². The first-order chi connectivity index (χ1) is 18.5. The maximum atomic E-state index is 11.8. The average molecular weight is 517 g/mol. The molecule has 38 heavy (non-hydrogen) atoms. The Hall–Kier alpha value is -4.22. The van der Waals surface area contributed by atoms with E-state index in [1.807, 2.05) is 60.7 Å². The second-order valence-electron chi connectivity index (χ2n) is 8.93. The second kappa shape index (κ2) is 11.4. The SMILES string of the molecule is O=C1OC[C@@H](c2ccccc2)N(O)[C@@H]1c1ccc[nH]1.O=C1OC[C@@H](c2ccccc2)N(O)[C@@H]1c1ccc[nH]1. The molecular weight excluding hydrogens is 488 g/mol. The highest BCUT2D eigenvalue weighted by Gasteiger charge is 2.40. The third-order valence-electron chi connectivity index (χ3n) is 6.58. The number of carbonyl (C=O) groups is 2. The molecule has 6 rings (SSSR count). The third-order valence-corrected chi connectivity index (χ3v) is 6.58. The molecule has 196 valence electrons. The van der Waals surface area contributed by atoms with Crippen LogP contribution >= 0.6 is 0 Å². The molecule has 0 saturated carbocycles. The number of esters is 2. The van der Waals surface area contributed by atoms with E-state index in [2.05, 4.69) is 9.97 Å². The van der Waals surface area contributed by atoms with Crippen molar-refractivity contribution in [3.63, 3.8) is 0 Å². The van der Waals surface area contributed by atoms with Gasteiger partial charge in [0.1, 0.15) is 13.2 Å². The van der Waals surface area contributed by atoms with Crippen molar-refractivity contribution < 1.29 is 29.5 Å². The molecule has 0 bridgehead atoms. The lowest BCUT2D eigenvalue weighted by Gasteiger charge is -2.35. The van der Waals surface area contributed by atoms with Gasteiger partial charge in [-0.2, -0.15) is 10.1 Å². The predicted molar refractivity (Wildman–Crippen MR) is 135 cm³/mol. The van der Waals surface area contributed by atoms with Gasteiger partial charge < -0.3 is 29.9 Å². The number of cyclic esters (lactones) is 2. The van der Waals surface area contributed by atoms with Gasteiger partial charge in [-0.1, -0.05) is 60.7 Å². The monoisotopic (exact) mass is 516 g/mol. The van der Waals surface area contributed by atoms with Gasteiger partial charge in [0.05, 0.1) is 12.1 Å². The Balaban J connectivity index is 0.000000155. The zero-order valence-corrected chi connectivity index (χ0v) is 20.4. The topological polar surface area (TPSA) is 131 Å². The quantitative estimate of drug-likeness (QED) is 0.298. The number of nitrogens with zero attached hydrogens (tertiary/aromatic N) is 2. The van der Waals surface area contributed by atoms with Crippen LogP contribution in [0.1, 0.15) is 46.7 Å². The number of aromatic amines is 2. The summed E-state index contributed by atoms with van der Waals surface area (Å²) >= 11 is 0. The highest BCUT2D eigenvalue weighted by Crippen LogP contribution is 2.34. The van der Waals surface area contributed by atoms with E-state index >= 15 is 0 Å². The van der Waals surface area contributed by atoms with Crippen LogP contribution in [-0.4, -0.2) is 55.7 Å². The molecule has 2 aliphatic heterocycles. The molecule has 10 heteroatoms. The zero-order valence-electron chi connectivity index (χ0n) is 20.4. The Labute approximate surface area is 219 Å². The van der Waals surface area contributed by atoms with E-state index in [4.69, 9.17) is 9.47 Å². The van der Waals surface area contributed by atoms with Crippen LogP contribution in [0.4, 0.5) is 0 Å². The number of ether oxygens (including phenoxy) is 2. The lowest BCUT2D eigenvalue weighted by atomic mass is 10.0. The van der Waals surface area contributed by atoms with Gasteiger partial charge in [-0.05, 0) is 35.4 Å². The van der Waals surface area contributed by atoms with Gasteiger partial charge in [0.25, 0.3) is 0 Å². The maximum Gasteiger partial charge on any atom is 0.332 e. The molecule has 0 radical (unpaired) electrons. The summed E-state index contributed by atoms with van der Waals surface area (Å²) in [4.78, 5) is 29.5. The van der Waals surface area contributed by atoms with Crippen LogP contribution in [0.25, 0.3) is 0 Å². The summed E-state index contributed by atoms with van der Waals surface area (Å²) in [5, 5.41) is 22.8. The van der Waals surface area contributed by atoms with Crippen molar-refractivity contribution in [3.05, 3.63) is 120 Å². The molecule has 2 aromatic carbocycles. The van der Waals surface area contributed by atoms with Crippen LogP contribution in [0.2, 0.25) is 0 Å². The second-order valence-corrected chi connectivity index (χ2v) is 8.93. The van der Waals surface area contributed by atoms with Gasteiger partial charge in [-0.15, -0.1) is 0 Å². The average Bonchev–Trinajstić information content (AvgIpc) is 3.66. The van der Waals surface area contributed by atoms with Crippen molar-refractivity contribution >= 4 is 11.9 Å². The molecule has 4 aromatic rings. The van der Waals surface area contributed by atoms with E-state index in [9.17, 15) is 20.0 Å². The van der Waals surface area contributed by atoms with Crippen molar-refractivity contribution in [1.82, 2.24) is 20.1 Å². The summed E-state index contributed by atoms with van der Waals surface area (Å²) in [5.74, 6) is -0.894. The number of hydrogen-bond donors (Lipinski definition) is 4. The van der Waals surface area contributed by atoms with Gasteiger partial charge in [0.15, 0.2) is 12.1 Å². The lowest BCUT2D eigenvalue weighted by molar-refractivity contribution is -0.222. The molecule has 2 fully saturated rings. The Bertz CT molecular complexity index is 1210. The van der Waals surface area contributed by atoms with E-state index in [-0.39, 0.29) is 25.3 Å². The first kappa shape index (κ1) is 25.4. The number of nitrogens with one attached hydrogen (secondary N) is 2. The molecule has 0 spiro atoms. The molecule has 0 unspecified atom stereocenters. The molecule has 4 N–H and O–H groups in total. The zero-order chi connectivity index (χ0) is 26.5. The maximum absolute atomic E-state index is 11.8. The Morgan fingerprint density at radius 2 is 1.00 bits per heavy atom. The minimum atomic E-state index is -0.811. The minimum absolute atomic E-state index is 0.149. The predicted octanol–water partition coefficient (Wildman–Crippen LogP) is 4.09. The first-order valence-electron chi connectivity index (χ1n) is 12.2. The molecule has 2 aromatic heterocycles. The van der Waals surface area contributed by atoms with E-state index in [1.165, 1.54) is 0 Å². The minimum Gasteiger partial charge on any atom is -0.462 e. The number of morpholine rings is 2. The molecular formula is C28H28N4O6. The van der Waals surface area contributed by atoms with Gasteiger partial charge in [-0.3, -0.25) is 0 Å². The van der Waals surface area contributed by atoms with E-state index in [0.29, 0.717) is 11.4 Å². The summed E-state index contributed by atoms with van der Waals surface area (Å²) in [7, 11) is 0. The van der Waals surface area contributed by atoms with Crippen molar-refractivity contribution in [2.75, 3.05) is 13.2 Å². The van der Waals surface area contributed by atoms with E-state index < -0.39 is 24.0 Å². The highest BCUT2D eigenvalue weighted by atomic mass is 16.6. The van der Waals surface area contributed by atoms with Crippen LogP contribution in [0.3, 0.4) is 0 Å². The number of aromatic nitrogens is 2. The van der Waals surface area contributed by atoms with Crippen molar-refractivity contribution in [2.45, 2.75) is 24.2 Å². The summed E-state index contributed by atoms with van der Waals surface area (Å²) in [6, 6.07) is 23.7. The summed E-state index contributed by atoms with van der Waals surface area (Å²) in [6.45, 7) is 0.299. The molecule has 2 aliphatic rings. The summed E-state index contributed by atoms with van der Waals surface area (Å²) in [5.41, 5.74) is 3.06. The van der Waals surface area contributed by atoms with Gasteiger partial charge >= 0.3 is 11.9 Å². The van der Waals surface area contributed by atoms with E-state index in [0.717, 1.165) is 21.3 Å². The highest BCUT2D eigenvalue weighted by molar-refractivity contribution is 5.78. The van der Waals surface area contributed by atoms with Crippen LogP contribution in [0, 0.1) is 0 Å². The molecule has 4 heterocycles. The smallest absolute Gasteiger partial charge is 0.332 e. The number of hydrogen-bond acceptors (Lipinski definition) is 8. The van der Waals surface area contributed by atoms with Gasteiger partial charge in [0.2, 0.25) is 0 Å². The first-order valence-corrected chi connectivity index (χ1v) is 12.2. The largest absolute Gasteiger partial charge is 0.462 e. The number of benzene rings is 2. The van der Waals surface area contributed by atoms with Crippen molar-refractivity contribution in [2.24, 2.45) is 0 Å². The number of carbonyl (C=O) groups excluding carboxylic acids is 2. The third kappa shape index (κ3) is 5.24. The van der Waals surface area contributed by atoms with Gasteiger partial charge in [-0.25, -0.2) is 9.59 Å². The van der Waals surface area contributed by atoms with E-state index in [1.54, 1.807) is 36.7 Å². The van der Waals surface area contributed by atoms with Crippen LogP contribution < -0.4 is 0 Å². The van der Waals surface area contributed by atoms with Crippen LogP contribution in [0.5, 0.6) is 0 Å². The molecule has 0 aliphatic carbocycles. The standard InChI is InChI=1S/2C14H14N2O3/c2*17-14-13(11-7-4-8-15-11)16(18)12(9-19-14)10-5-2-1-3-6-10/h2*1-8,12-13,15,18H,9H2/t2*12-,13+/m00/s1. The molecule has 10 nitrogen and oxygen atoms in total. The molecule has 2 saturated heterocycles. The fraction of sp³-hybridized carbons (Fsp3) is 0.214. The summed E-state index contributed by atoms with van der Waals surface area (Å²) < 4.78 is 10.4. The van der Waals surface area contributed by atoms with Crippen molar-refractivity contribution in [3.8, 4) is 0 Å². The normalized spacial score (nSPS) is 24.2. The fourth-order valence-electron chi connectivity index (χ4n) is 4.62. The fourth-order valence-corrected chi connectivity index (χ4v) is 4.62. The van der Waals surface area contributed by atoms with Crippen molar-refractivity contribution in [1.29, 1.82) is 0 Å². The molecule has 0 amide bonds. The Kier molecular flexibility index (Phi) is 7.66. The summed E-state index contributed by atoms with van der Waals surface area (Å²) in [6.07, 6.45) is 3.42. The van der Waals surface area contributed by atoms with Crippen LogP contribution in [0.15, 0.2) is 97.3 Å². The lowest BCUT2D eigenvalue weighted by Crippen LogP contribution is -2.43. The number of hydroxylamine groups is 4. The molecule has 4 atom stereocenters.